The van der Waals surface area contributed by atoms with Gasteiger partial charge in [-0.05, 0) is 25.1 Å². The molecule has 0 unspecified atom stereocenters. The average molecular weight is 543 g/mol. The topological polar surface area (TPSA) is 78.6 Å². The SMILES string of the molecule is Cc1ccc(-c2[nH]c([Si](C)(C)C)cc2NC(=O)Nc2ccc(OCCN3CCOCC3)c3ccccc23)cc1. The molecule has 0 bridgehead atoms. The number of anilines is 2. The minimum atomic E-state index is -1.63. The van der Waals surface area contributed by atoms with Gasteiger partial charge in [0.05, 0.1) is 38.4 Å². The average Bonchev–Trinajstić information content (AvgIpc) is 3.35. The van der Waals surface area contributed by atoms with Crippen LogP contribution in [-0.4, -0.2) is 63.4 Å². The Labute approximate surface area is 231 Å². The summed E-state index contributed by atoms with van der Waals surface area (Å²) in [5.41, 5.74) is 4.69. The van der Waals surface area contributed by atoms with Crippen molar-refractivity contribution >= 4 is 41.6 Å². The number of hydrogen-bond acceptors (Lipinski definition) is 4. The number of H-pyrrole nitrogens is 1. The van der Waals surface area contributed by atoms with Gasteiger partial charge in [-0.2, -0.15) is 0 Å². The quantitative estimate of drug-likeness (QED) is 0.237. The molecule has 2 amide bonds. The molecular formula is C31H38N4O3Si. The van der Waals surface area contributed by atoms with Gasteiger partial charge in [0.2, 0.25) is 0 Å². The first-order valence-electron chi connectivity index (χ1n) is 13.6. The molecule has 0 radical (unpaired) electrons. The van der Waals surface area contributed by atoms with Gasteiger partial charge < -0.3 is 25.1 Å². The maximum Gasteiger partial charge on any atom is 0.323 e. The van der Waals surface area contributed by atoms with E-state index in [0.717, 1.165) is 72.0 Å². The lowest BCUT2D eigenvalue weighted by Gasteiger charge is -2.26. The maximum atomic E-state index is 13.3. The lowest BCUT2D eigenvalue weighted by atomic mass is 10.1. The van der Waals surface area contributed by atoms with Gasteiger partial charge in [0.15, 0.2) is 0 Å². The Bertz CT molecular complexity index is 1440. The number of aryl methyl sites for hydroxylation is 1. The summed E-state index contributed by atoms with van der Waals surface area (Å²) in [6, 6.07) is 22.0. The van der Waals surface area contributed by atoms with E-state index in [4.69, 9.17) is 9.47 Å². The number of benzene rings is 3. The van der Waals surface area contributed by atoms with Gasteiger partial charge >= 0.3 is 6.03 Å². The zero-order valence-corrected chi connectivity index (χ0v) is 24.3. The highest BCUT2D eigenvalue weighted by molar-refractivity contribution is 6.88. The molecule has 1 aromatic heterocycles. The third-order valence-electron chi connectivity index (χ3n) is 7.12. The van der Waals surface area contributed by atoms with Gasteiger partial charge in [-0.3, -0.25) is 4.90 Å². The van der Waals surface area contributed by atoms with E-state index in [0.29, 0.717) is 6.61 Å². The summed E-state index contributed by atoms with van der Waals surface area (Å²) >= 11 is 0. The molecule has 8 heteroatoms. The van der Waals surface area contributed by atoms with Crippen LogP contribution in [0, 0.1) is 6.92 Å². The Hall–Kier alpha value is -3.59. The van der Waals surface area contributed by atoms with Gasteiger partial charge in [0, 0.05) is 41.3 Å². The van der Waals surface area contributed by atoms with Crippen molar-refractivity contribution in [3.8, 4) is 17.0 Å². The number of carbonyl (C=O) groups excluding carboxylic acids is 1. The number of ether oxygens (including phenoxy) is 2. The zero-order valence-electron chi connectivity index (χ0n) is 23.3. The summed E-state index contributed by atoms with van der Waals surface area (Å²) in [6.07, 6.45) is 0. The van der Waals surface area contributed by atoms with Gasteiger partial charge in [-0.1, -0.05) is 73.7 Å². The fourth-order valence-electron chi connectivity index (χ4n) is 4.80. The molecular weight excluding hydrogens is 504 g/mol. The van der Waals surface area contributed by atoms with Crippen LogP contribution in [0.3, 0.4) is 0 Å². The predicted molar refractivity (Wildman–Crippen MR) is 163 cm³/mol. The van der Waals surface area contributed by atoms with Crippen LogP contribution in [-0.2, 0) is 4.74 Å². The van der Waals surface area contributed by atoms with Crippen LogP contribution < -0.4 is 20.7 Å². The van der Waals surface area contributed by atoms with Crippen molar-refractivity contribution in [1.29, 1.82) is 0 Å². The first-order chi connectivity index (χ1) is 18.8. The standard InChI is InChI=1S/C31H38N4O3Si/c1-22-9-11-23(12-10-22)30-27(21-29(34-30)39(2,3)4)33-31(36)32-26-13-14-28(25-8-6-5-7-24(25)26)38-20-17-35-15-18-37-19-16-35/h5-14,21,34H,15-20H2,1-4H3,(H2,32,33,36). The van der Waals surface area contributed by atoms with Crippen molar-refractivity contribution in [1.82, 2.24) is 9.88 Å². The number of fused-ring (bicyclic) bond motifs is 1. The second-order valence-corrected chi connectivity index (χ2v) is 16.2. The number of morpholine rings is 1. The highest BCUT2D eigenvalue weighted by atomic mass is 28.3. The Morgan fingerprint density at radius 3 is 2.36 bits per heavy atom. The van der Waals surface area contributed by atoms with Crippen LogP contribution in [0.25, 0.3) is 22.0 Å². The van der Waals surface area contributed by atoms with Crippen LogP contribution in [0.1, 0.15) is 5.56 Å². The molecule has 0 spiro atoms. The minimum Gasteiger partial charge on any atom is -0.492 e. The number of rotatable bonds is 8. The largest absolute Gasteiger partial charge is 0.492 e. The normalized spacial score (nSPS) is 14.4. The van der Waals surface area contributed by atoms with Crippen LogP contribution >= 0.6 is 0 Å². The molecule has 1 aliphatic rings. The number of amides is 2. The number of hydrogen-bond donors (Lipinski definition) is 3. The Kier molecular flexibility index (Phi) is 8.06. The molecule has 0 atom stereocenters. The molecule has 1 saturated heterocycles. The van der Waals surface area contributed by atoms with Gasteiger partial charge in [-0.15, -0.1) is 0 Å². The third kappa shape index (κ3) is 6.53. The van der Waals surface area contributed by atoms with E-state index in [1.165, 1.54) is 10.9 Å². The predicted octanol–water partition coefficient (Wildman–Crippen LogP) is 6.04. The van der Waals surface area contributed by atoms with Crippen LogP contribution in [0.2, 0.25) is 19.6 Å². The molecule has 1 fully saturated rings. The molecule has 39 heavy (non-hydrogen) atoms. The number of carbonyl (C=O) groups is 1. The van der Waals surface area contributed by atoms with Crippen molar-refractivity contribution in [2.75, 3.05) is 50.1 Å². The molecule has 0 saturated carbocycles. The molecule has 204 valence electrons. The number of nitrogens with one attached hydrogen (secondary N) is 3. The van der Waals surface area contributed by atoms with E-state index in [9.17, 15) is 4.79 Å². The molecule has 3 N–H and O–H groups in total. The second kappa shape index (κ2) is 11.7. The number of aromatic nitrogens is 1. The fraction of sp³-hybridized carbons (Fsp3) is 0.323. The van der Waals surface area contributed by atoms with Crippen molar-refractivity contribution in [2.24, 2.45) is 0 Å². The third-order valence-corrected chi connectivity index (χ3v) is 9.00. The van der Waals surface area contributed by atoms with Crippen molar-refractivity contribution < 1.29 is 14.3 Å². The van der Waals surface area contributed by atoms with Crippen molar-refractivity contribution in [2.45, 2.75) is 26.6 Å². The fourth-order valence-corrected chi connectivity index (χ4v) is 5.87. The summed E-state index contributed by atoms with van der Waals surface area (Å²) in [5, 5.41) is 9.28. The van der Waals surface area contributed by atoms with Crippen LogP contribution in [0.4, 0.5) is 16.2 Å². The molecule has 3 aromatic carbocycles. The number of aromatic amines is 1. The molecule has 4 aromatic rings. The lowest BCUT2D eigenvalue weighted by molar-refractivity contribution is 0.0323. The molecule has 2 heterocycles. The lowest BCUT2D eigenvalue weighted by Crippen LogP contribution is -2.38. The van der Waals surface area contributed by atoms with E-state index < -0.39 is 8.07 Å². The Morgan fingerprint density at radius 2 is 1.64 bits per heavy atom. The smallest absolute Gasteiger partial charge is 0.323 e. The highest BCUT2D eigenvalue weighted by Crippen LogP contribution is 2.32. The minimum absolute atomic E-state index is 0.282. The first-order valence-corrected chi connectivity index (χ1v) is 17.1. The number of urea groups is 1. The van der Waals surface area contributed by atoms with Gasteiger partial charge in [-0.25, -0.2) is 4.79 Å². The summed E-state index contributed by atoms with van der Waals surface area (Å²) in [6.45, 7) is 13.8. The molecule has 1 aliphatic heterocycles. The Morgan fingerprint density at radius 1 is 0.949 bits per heavy atom. The number of nitrogens with zero attached hydrogens (tertiary/aromatic N) is 1. The van der Waals surface area contributed by atoms with E-state index in [1.807, 2.05) is 36.4 Å². The van der Waals surface area contributed by atoms with Crippen molar-refractivity contribution in [3.63, 3.8) is 0 Å². The van der Waals surface area contributed by atoms with Gasteiger partial charge in [0.1, 0.15) is 12.4 Å². The van der Waals surface area contributed by atoms with Crippen LogP contribution in [0.5, 0.6) is 5.75 Å². The maximum absolute atomic E-state index is 13.3. The first kappa shape index (κ1) is 27.0. The van der Waals surface area contributed by atoms with Crippen LogP contribution in [0.15, 0.2) is 66.7 Å². The second-order valence-electron chi connectivity index (χ2n) is 11.1. The van der Waals surface area contributed by atoms with Crippen molar-refractivity contribution in [3.05, 3.63) is 72.3 Å². The summed E-state index contributed by atoms with van der Waals surface area (Å²) in [4.78, 5) is 19.2. The molecule has 5 rings (SSSR count). The summed E-state index contributed by atoms with van der Waals surface area (Å²) < 4.78 is 11.6. The van der Waals surface area contributed by atoms with Gasteiger partial charge in [0.25, 0.3) is 0 Å². The van der Waals surface area contributed by atoms with E-state index in [-0.39, 0.29) is 6.03 Å². The highest BCUT2D eigenvalue weighted by Gasteiger charge is 2.23. The van der Waals surface area contributed by atoms with E-state index in [2.05, 4.69) is 77.4 Å². The summed E-state index contributed by atoms with van der Waals surface area (Å²) in [7, 11) is -1.63. The molecule has 0 aliphatic carbocycles. The Balaban J connectivity index is 1.33. The zero-order chi connectivity index (χ0) is 27.4. The summed E-state index contributed by atoms with van der Waals surface area (Å²) in [5.74, 6) is 0.817. The monoisotopic (exact) mass is 542 g/mol. The van der Waals surface area contributed by atoms with E-state index >= 15 is 0 Å². The molecule has 7 nitrogen and oxygen atoms in total. The van der Waals surface area contributed by atoms with E-state index in [1.54, 1.807) is 0 Å².